The average molecular weight is 311 g/mol. The molecule has 4 nitrogen and oxygen atoms in total. The summed E-state index contributed by atoms with van der Waals surface area (Å²) in [4.78, 5) is 4.30. The van der Waals surface area contributed by atoms with E-state index in [0.29, 0.717) is 6.61 Å². The molecular weight excluding hydrogens is 294 g/mol. The Hall–Kier alpha value is -2.40. The Morgan fingerprint density at radius 1 is 1.23 bits per heavy atom. The number of nitrogens with one attached hydrogen (secondary N) is 1. The molecule has 5 heteroatoms. The summed E-state index contributed by atoms with van der Waals surface area (Å²) in [5, 5.41) is 9.34. The normalized spacial score (nSPS) is 11.2. The van der Waals surface area contributed by atoms with Gasteiger partial charge >= 0.3 is 0 Å². The van der Waals surface area contributed by atoms with Crippen LogP contribution in [0.1, 0.15) is 18.2 Å². The quantitative estimate of drug-likeness (QED) is 0.559. The lowest BCUT2D eigenvalue weighted by molar-refractivity contribution is 0.341. The van der Waals surface area contributed by atoms with Crippen molar-refractivity contribution in [3.63, 3.8) is 0 Å². The molecule has 0 fully saturated rings. The van der Waals surface area contributed by atoms with Crippen LogP contribution in [0, 0.1) is 6.92 Å². The summed E-state index contributed by atoms with van der Waals surface area (Å²) in [6.07, 6.45) is 1.80. The van der Waals surface area contributed by atoms with Gasteiger partial charge < -0.3 is 4.74 Å². The molecule has 0 spiro atoms. The van der Waals surface area contributed by atoms with Crippen LogP contribution in [0.4, 0.5) is 5.13 Å². The average Bonchev–Trinajstić information content (AvgIpc) is 2.93. The SMILES string of the molecule is CCOc1ccc2cc(C=NNc3nc(C)cs3)ccc2c1. The molecule has 3 rings (SSSR count). The summed E-state index contributed by atoms with van der Waals surface area (Å²) in [7, 11) is 0. The number of hydrazone groups is 1. The van der Waals surface area contributed by atoms with Crippen molar-refractivity contribution in [1.29, 1.82) is 0 Å². The van der Waals surface area contributed by atoms with Crippen LogP contribution in [0.3, 0.4) is 0 Å². The van der Waals surface area contributed by atoms with Crippen molar-refractivity contribution in [2.75, 3.05) is 12.0 Å². The van der Waals surface area contributed by atoms with Crippen LogP contribution < -0.4 is 10.2 Å². The molecule has 0 aliphatic rings. The molecule has 0 atom stereocenters. The molecule has 0 amide bonds. The van der Waals surface area contributed by atoms with E-state index in [1.807, 2.05) is 31.4 Å². The summed E-state index contributed by atoms with van der Waals surface area (Å²) in [6, 6.07) is 12.3. The van der Waals surface area contributed by atoms with Gasteiger partial charge in [0.2, 0.25) is 5.13 Å². The molecule has 0 saturated carbocycles. The highest BCUT2D eigenvalue weighted by molar-refractivity contribution is 7.13. The molecule has 1 heterocycles. The summed E-state index contributed by atoms with van der Waals surface area (Å²) in [5.41, 5.74) is 4.98. The number of aryl methyl sites for hydroxylation is 1. The molecule has 22 heavy (non-hydrogen) atoms. The highest BCUT2D eigenvalue weighted by atomic mass is 32.1. The second-order valence-electron chi connectivity index (χ2n) is 4.87. The van der Waals surface area contributed by atoms with E-state index >= 15 is 0 Å². The Bertz CT molecular complexity index is 811. The zero-order valence-electron chi connectivity index (χ0n) is 12.5. The first kappa shape index (κ1) is 14.5. The van der Waals surface area contributed by atoms with Gasteiger partial charge in [-0.2, -0.15) is 5.10 Å². The molecule has 0 aliphatic heterocycles. The fraction of sp³-hybridized carbons (Fsp3) is 0.176. The third kappa shape index (κ3) is 3.43. The van der Waals surface area contributed by atoms with E-state index in [4.69, 9.17) is 4.74 Å². The highest BCUT2D eigenvalue weighted by Crippen LogP contribution is 2.22. The summed E-state index contributed by atoms with van der Waals surface area (Å²) < 4.78 is 5.52. The molecule has 0 bridgehead atoms. The minimum atomic E-state index is 0.679. The molecule has 0 radical (unpaired) electrons. The number of anilines is 1. The number of ether oxygens (including phenoxy) is 1. The predicted molar refractivity (Wildman–Crippen MR) is 93.2 cm³/mol. The fourth-order valence-electron chi connectivity index (χ4n) is 2.15. The molecule has 0 unspecified atom stereocenters. The van der Waals surface area contributed by atoms with Crippen molar-refractivity contribution in [3.05, 3.63) is 53.0 Å². The van der Waals surface area contributed by atoms with Crippen LogP contribution in [-0.4, -0.2) is 17.8 Å². The Labute approximate surface area is 133 Å². The maximum atomic E-state index is 5.52. The van der Waals surface area contributed by atoms with Gasteiger partial charge in [0.15, 0.2) is 0 Å². The fourth-order valence-corrected chi connectivity index (χ4v) is 2.78. The first-order valence-corrected chi connectivity index (χ1v) is 8.00. The lowest BCUT2D eigenvalue weighted by atomic mass is 10.1. The zero-order chi connectivity index (χ0) is 15.4. The number of hydrogen-bond acceptors (Lipinski definition) is 5. The second-order valence-corrected chi connectivity index (χ2v) is 5.72. The number of rotatable bonds is 5. The van der Waals surface area contributed by atoms with Crippen LogP contribution in [0.2, 0.25) is 0 Å². The predicted octanol–water partition coefficient (Wildman–Crippen LogP) is 4.45. The van der Waals surface area contributed by atoms with Gasteiger partial charge in [0.25, 0.3) is 0 Å². The maximum absolute atomic E-state index is 5.52. The summed E-state index contributed by atoms with van der Waals surface area (Å²) >= 11 is 1.54. The van der Waals surface area contributed by atoms with Crippen LogP contribution in [-0.2, 0) is 0 Å². The van der Waals surface area contributed by atoms with Gasteiger partial charge in [0.1, 0.15) is 5.75 Å². The maximum Gasteiger partial charge on any atom is 0.203 e. The lowest BCUT2D eigenvalue weighted by Gasteiger charge is -2.05. The number of hydrogen-bond donors (Lipinski definition) is 1. The van der Waals surface area contributed by atoms with Gasteiger partial charge in [-0.3, -0.25) is 5.43 Å². The number of aromatic nitrogens is 1. The van der Waals surface area contributed by atoms with E-state index in [1.165, 1.54) is 0 Å². The summed E-state index contributed by atoms with van der Waals surface area (Å²) in [6.45, 7) is 4.63. The zero-order valence-corrected chi connectivity index (χ0v) is 13.4. The van der Waals surface area contributed by atoms with E-state index < -0.39 is 0 Å². The third-order valence-corrected chi connectivity index (χ3v) is 4.00. The van der Waals surface area contributed by atoms with Crippen molar-refractivity contribution in [1.82, 2.24) is 4.98 Å². The molecule has 0 aliphatic carbocycles. The molecule has 1 N–H and O–H groups in total. The van der Waals surface area contributed by atoms with Crippen LogP contribution in [0.25, 0.3) is 10.8 Å². The molecule has 112 valence electrons. The molecule has 2 aromatic carbocycles. The minimum absolute atomic E-state index is 0.679. The smallest absolute Gasteiger partial charge is 0.203 e. The van der Waals surface area contributed by atoms with Crippen molar-refractivity contribution in [3.8, 4) is 5.75 Å². The van der Waals surface area contributed by atoms with E-state index in [9.17, 15) is 0 Å². The van der Waals surface area contributed by atoms with Crippen LogP contribution >= 0.6 is 11.3 Å². The van der Waals surface area contributed by atoms with E-state index in [-0.39, 0.29) is 0 Å². The topological polar surface area (TPSA) is 46.5 Å². The highest BCUT2D eigenvalue weighted by Gasteiger charge is 1.99. The Kier molecular flexibility index (Phi) is 4.34. The van der Waals surface area contributed by atoms with Crippen LogP contribution in [0.15, 0.2) is 46.9 Å². The Morgan fingerprint density at radius 2 is 2.05 bits per heavy atom. The van der Waals surface area contributed by atoms with Crippen molar-refractivity contribution in [2.24, 2.45) is 5.10 Å². The van der Waals surface area contributed by atoms with Gasteiger partial charge in [0, 0.05) is 5.38 Å². The number of thiazole rings is 1. The molecule has 0 saturated heterocycles. The number of benzene rings is 2. The van der Waals surface area contributed by atoms with E-state index in [0.717, 1.165) is 32.9 Å². The van der Waals surface area contributed by atoms with E-state index in [1.54, 1.807) is 17.6 Å². The Balaban J connectivity index is 1.75. The second kappa shape index (κ2) is 6.58. The number of fused-ring (bicyclic) bond motifs is 1. The summed E-state index contributed by atoms with van der Waals surface area (Å²) in [5.74, 6) is 0.900. The van der Waals surface area contributed by atoms with Gasteiger partial charge in [-0.15, -0.1) is 11.3 Å². The lowest BCUT2D eigenvalue weighted by Crippen LogP contribution is -1.92. The molecule has 1 aromatic heterocycles. The van der Waals surface area contributed by atoms with Gasteiger partial charge in [-0.25, -0.2) is 4.98 Å². The monoisotopic (exact) mass is 311 g/mol. The van der Waals surface area contributed by atoms with E-state index in [2.05, 4.69) is 39.8 Å². The van der Waals surface area contributed by atoms with Crippen molar-refractivity contribution < 1.29 is 4.74 Å². The largest absolute Gasteiger partial charge is 0.494 e. The van der Waals surface area contributed by atoms with Gasteiger partial charge in [0.05, 0.1) is 18.5 Å². The standard InChI is InChI=1S/C17H17N3OS/c1-3-21-16-7-6-14-8-13(4-5-15(14)9-16)10-18-20-17-19-12(2)11-22-17/h4-11H,3H2,1-2H3,(H,19,20). The van der Waals surface area contributed by atoms with Crippen LogP contribution in [0.5, 0.6) is 5.75 Å². The first-order valence-electron chi connectivity index (χ1n) is 7.12. The first-order chi connectivity index (χ1) is 10.7. The minimum Gasteiger partial charge on any atom is -0.494 e. The molecular formula is C17H17N3OS. The van der Waals surface area contributed by atoms with Crippen molar-refractivity contribution >= 4 is 33.5 Å². The van der Waals surface area contributed by atoms with Gasteiger partial charge in [-0.05, 0) is 48.4 Å². The van der Waals surface area contributed by atoms with Crippen molar-refractivity contribution in [2.45, 2.75) is 13.8 Å². The molecule has 3 aromatic rings. The van der Waals surface area contributed by atoms with Gasteiger partial charge in [-0.1, -0.05) is 18.2 Å². The number of nitrogens with zero attached hydrogens (tertiary/aromatic N) is 2. The third-order valence-electron chi connectivity index (χ3n) is 3.14. The Morgan fingerprint density at radius 3 is 2.82 bits per heavy atom.